The van der Waals surface area contributed by atoms with Crippen LogP contribution in [0.15, 0.2) is 78.9 Å². The second-order valence-electron chi connectivity index (χ2n) is 5.13. The normalized spacial score (nSPS) is 10.2. The molecule has 0 aliphatic heterocycles. The SMILES string of the molecule is Cc1ccc(C(=O)c2ccc(Oc3ccccc3)cc2)cc1. The van der Waals surface area contributed by atoms with Crippen LogP contribution in [-0.4, -0.2) is 5.78 Å². The standard InChI is InChI=1S/C20H16O2/c1-15-7-9-16(10-8-15)20(21)17-11-13-19(14-12-17)22-18-5-3-2-4-6-18/h2-14H,1H3. The minimum absolute atomic E-state index is 0.0197. The van der Waals surface area contributed by atoms with Crippen LogP contribution in [0.2, 0.25) is 0 Å². The lowest BCUT2D eigenvalue weighted by molar-refractivity contribution is 0.103. The van der Waals surface area contributed by atoms with Crippen molar-refractivity contribution in [2.24, 2.45) is 0 Å². The Balaban J connectivity index is 1.76. The first-order valence-electron chi connectivity index (χ1n) is 7.17. The van der Waals surface area contributed by atoms with Crippen molar-refractivity contribution in [3.8, 4) is 11.5 Å². The Morgan fingerprint density at radius 3 is 1.77 bits per heavy atom. The van der Waals surface area contributed by atoms with Crippen molar-refractivity contribution in [1.29, 1.82) is 0 Å². The maximum Gasteiger partial charge on any atom is 0.193 e. The van der Waals surface area contributed by atoms with Gasteiger partial charge in [0, 0.05) is 11.1 Å². The van der Waals surface area contributed by atoms with Crippen molar-refractivity contribution < 1.29 is 9.53 Å². The molecule has 0 spiro atoms. The van der Waals surface area contributed by atoms with Crippen LogP contribution in [0, 0.1) is 6.92 Å². The summed E-state index contributed by atoms with van der Waals surface area (Å²) in [5, 5.41) is 0. The number of hydrogen-bond donors (Lipinski definition) is 0. The number of ketones is 1. The van der Waals surface area contributed by atoms with Gasteiger partial charge in [0.25, 0.3) is 0 Å². The van der Waals surface area contributed by atoms with Gasteiger partial charge in [-0.25, -0.2) is 0 Å². The molecule has 3 aromatic rings. The van der Waals surface area contributed by atoms with Gasteiger partial charge >= 0.3 is 0 Å². The molecule has 0 fully saturated rings. The number of rotatable bonds is 4. The average molecular weight is 288 g/mol. The maximum atomic E-state index is 12.4. The third-order valence-corrected chi connectivity index (χ3v) is 3.41. The molecular formula is C20H16O2. The van der Waals surface area contributed by atoms with Crippen LogP contribution in [0.1, 0.15) is 21.5 Å². The van der Waals surface area contributed by atoms with Crippen LogP contribution in [-0.2, 0) is 0 Å². The first-order chi connectivity index (χ1) is 10.7. The van der Waals surface area contributed by atoms with E-state index in [0.29, 0.717) is 16.9 Å². The fourth-order valence-electron chi connectivity index (χ4n) is 2.17. The van der Waals surface area contributed by atoms with Gasteiger partial charge in [-0.1, -0.05) is 48.0 Å². The summed E-state index contributed by atoms with van der Waals surface area (Å²) in [5.41, 5.74) is 2.50. The van der Waals surface area contributed by atoms with E-state index in [1.807, 2.05) is 73.7 Å². The molecule has 3 rings (SSSR count). The van der Waals surface area contributed by atoms with Gasteiger partial charge in [0.05, 0.1) is 0 Å². The van der Waals surface area contributed by atoms with Crippen molar-refractivity contribution in [2.75, 3.05) is 0 Å². The fourth-order valence-corrected chi connectivity index (χ4v) is 2.17. The second-order valence-corrected chi connectivity index (χ2v) is 5.13. The summed E-state index contributed by atoms with van der Waals surface area (Å²) in [6.07, 6.45) is 0. The summed E-state index contributed by atoms with van der Waals surface area (Å²) in [6, 6.07) is 24.4. The van der Waals surface area contributed by atoms with Crippen molar-refractivity contribution in [1.82, 2.24) is 0 Å². The van der Waals surface area contributed by atoms with Gasteiger partial charge in [-0.05, 0) is 43.3 Å². The molecule has 0 saturated carbocycles. The Kier molecular flexibility index (Phi) is 4.01. The summed E-state index contributed by atoms with van der Waals surface area (Å²) in [5.74, 6) is 1.51. The van der Waals surface area contributed by atoms with E-state index in [1.54, 1.807) is 12.1 Å². The van der Waals surface area contributed by atoms with E-state index >= 15 is 0 Å². The van der Waals surface area contributed by atoms with Gasteiger partial charge in [-0.2, -0.15) is 0 Å². The van der Waals surface area contributed by atoms with Gasteiger partial charge in [-0.15, -0.1) is 0 Å². The monoisotopic (exact) mass is 288 g/mol. The molecule has 2 heteroatoms. The molecule has 0 heterocycles. The summed E-state index contributed by atoms with van der Waals surface area (Å²) in [6.45, 7) is 2.00. The van der Waals surface area contributed by atoms with Crippen molar-refractivity contribution in [3.63, 3.8) is 0 Å². The molecule has 0 aliphatic rings. The van der Waals surface area contributed by atoms with E-state index in [2.05, 4.69) is 0 Å². The van der Waals surface area contributed by atoms with Crippen LogP contribution >= 0.6 is 0 Å². The molecule has 0 saturated heterocycles. The van der Waals surface area contributed by atoms with Gasteiger partial charge in [0.15, 0.2) is 5.78 Å². The summed E-state index contributed by atoms with van der Waals surface area (Å²) < 4.78 is 5.72. The Bertz CT molecular complexity index is 757. The molecule has 2 nitrogen and oxygen atoms in total. The number of ether oxygens (including phenoxy) is 1. The highest BCUT2D eigenvalue weighted by Crippen LogP contribution is 2.22. The van der Waals surface area contributed by atoms with Crippen LogP contribution in [0.4, 0.5) is 0 Å². The molecule has 0 radical (unpaired) electrons. The number of carbonyl (C=O) groups is 1. The Morgan fingerprint density at radius 2 is 1.18 bits per heavy atom. The van der Waals surface area contributed by atoms with E-state index in [9.17, 15) is 4.79 Å². The van der Waals surface area contributed by atoms with Gasteiger partial charge in [0.1, 0.15) is 11.5 Å². The molecule has 108 valence electrons. The molecular weight excluding hydrogens is 272 g/mol. The van der Waals surface area contributed by atoms with Gasteiger partial charge < -0.3 is 4.74 Å². The minimum Gasteiger partial charge on any atom is -0.457 e. The topological polar surface area (TPSA) is 26.3 Å². The molecule has 0 atom stereocenters. The zero-order valence-corrected chi connectivity index (χ0v) is 12.3. The maximum absolute atomic E-state index is 12.4. The lowest BCUT2D eigenvalue weighted by Gasteiger charge is -2.06. The highest BCUT2D eigenvalue weighted by molar-refractivity contribution is 6.09. The summed E-state index contributed by atoms with van der Waals surface area (Å²) in [7, 11) is 0. The number of para-hydroxylation sites is 1. The van der Waals surface area contributed by atoms with E-state index in [0.717, 1.165) is 11.3 Å². The van der Waals surface area contributed by atoms with Gasteiger partial charge in [-0.3, -0.25) is 4.79 Å². The second kappa shape index (κ2) is 6.27. The van der Waals surface area contributed by atoms with Crippen LogP contribution in [0.25, 0.3) is 0 Å². The molecule has 3 aromatic carbocycles. The number of hydrogen-bond acceptors (Lipinski definition) is 2. The Morgan fingerprint density at radius 1 is 0.682 bits per heavy atom. The third-order valence-electron chi connectivity index (χ3n) is 3.41. The van der Waals surface area contributed by atoms with E-state index in [-0.39, 0.29) is 5.78 Å². The molecule has 0 unspecified atom stereocenters. The smallest absolute Gasteiger partial charge is 0.193 e. The zero-order chi connectivity index (χ0) is 15.4. The van der Waals surface area contributed by atoms with Gasteiger partial charge in [0.2, 0.25) is 0 Å². The lowest BCUT2D eigenvalue weighted by Crippen LogP contribution is -2.00. The quantitative estimate of drug-likeness (QED) is 0.630. The van der Waals surface area contributed by atoms with Crippen LogP contribution < -0.4 is 4.74 Å². The lowest BCUT2D eigenvalue weighted by atomic mass is 10.0. The summed E-state index contributed by atoms with van der Waals surface area (Å²) in [4.78, 5) is 12.4. The highest BCUT2D eigenvalue weighted by atomic mass is 16.5. The molecule has 0 aliphatic carbocycles. The first-order valence-corrected chi connectivity index (χ1v) is 7.17. The average Bonchev–Trinajstić information content (AvgIpc) is 2.57. The number of aryl methyl sites for hydroxylation is 1. The Labute approximate surface area is 130 Å². The van der Waals surface area contributed by atoms with Crippen LogP contribution in [0.3, 0.4) is 0 Å². The molecule has 0 aromatic heterocycles. The van der Waals surface area contributed by atoms with E-state index < -0.39 is 0 Å². The Hall–Kier alpha value is -2.87. The van der Waals surface area contributed by atoms with Crippen molar-refractivity contribution >= 4 is 5.78 Å². The minimum atomic E-state index is 0.0197. The van der Waals surface area contributed by atoms with E-state index in [1.165, 1.54) is 0 Å². The summed E-state index contributed by atoms with van der Waals surface area (Å²) >= 11 is 0. The van der Waals surface area contributed by atoms with E-state index in [4.69, 9.17) is 4.74 Å². The fraction of sp³-hybridized carbons (Fsp3) is 0.0500. The highest BCUT2D eigenvalue weighted by Gasteiger charge is 2.08. The van der Waals surface area contributed by atoms with Crippen molar-refractivity contribution in [2.45, 2.75) is 6.92 Å². The first kappa shape index (κ1) is 14.1. The molecule has 0 bridgehead atoms. The molecule has 0 N–H and O–H groups in total. The zero-order valence-electron chi connectivity index (χ0n) is 12.3. The number of benzene rings is 3. The molecule has 22 heavy (non-hydrogen) atoms. The van der Waals surface area contributed by atoms with Crippen LogP contribution in [0.5, 0.6) is 11.5 Å². The third kappa shape index (κ3) is 3.23. The predicted octanol–water partition coefficient (Wildman–Crippen LogP) is 5.02. The predicted molar refractivity (Wildman–Crippen MR) is 87.6 cm³/mol. The molecule has 0 amide bonds. The van der Waals surface area contributed by atoms with Crippen molar-refractivity contribution in [3.05, 3.63) is 95.6 Å². The largest absolute Gasteiger partial charge is 0.457 e. The number of carbonyl (C=O) groups excluding carboxylic acids is 1.